The number of hydrogen-bond donors (Lipinski definition) is 0. The molecule has 0 amide bonds. The number of benzene rings is 2. The molecule has 148 valence electrons. The van der Waals surface area contributed by atoms with Gasteiger partial charge >= 0.3 is 6.18 Å². The van der Waals surface area contributed by atoms with Gasteiger partial charge in [-0.25, -0.2) is 0 Å². The molecule has 4 rings (SSSR count). The van der Waals surface area contributed by atoms with Crippen LogP contribution < -0.4 is 4.74 Å². The summed E-state index contributed by atoms with van der Waals surface area (Å²) >= 11 is 0. The van der Waals surface area contributed by atoms with Gasteiger partial charge in [-0.2, -0.15) is 13.2 Å². The van der Waals surface area contributed by atoms with Crippen molar-refractivity contribution in [2.24, 2.45) is 0 Å². The summed E-state index contributed by atoms with van der Waals surface area (Å²) in [6.07, 6.45) is -1.57. The summed E-state index contributed by atoms with van der Waals surface area (Å²) in [5, 5.41) is 0. The molecule has 0 aromatic heterocycles. The molecular formula is C22H22F3NO2. The van der Waals surface area contributed by atoms with Crippen LogP contribution in [0, 0.1) is 0 Å². The predicted molar refractivity (Wildman–Crippen MR) is 101 cm³/mol. The Hall–Kier alpha value is -2.31. The Bertz CT molecular complexity index is 864. The van der Waals surface area contributed by atoms with Gasteiger partial charge in [0.25, 0.3) is 0 Å². The summed E-state index contributed by atoms with van der Waals surface area (Å²) in [6, 6.07) is 14.7. The molecule has 2 unspecified atom stereocenters. The van der Waals surface area contributed by atoms with Crippen molar-refractivity contribution < 1.29 is 22.6 Å². The molecular weight excluding hydrogens is 367 g/mol. The number of hydrogen-bond acceptors (Lipinski definition) is 3. The van der Waals surface area contributed by atoms with E-state index >= 15 is 0 Å². The largest absolute Gasteiger partial charge is 0.496 e. The molecule has 1 saturated heterocycles. The van der Waals surface area contributed by atoms with E-state index in [4.69, 9.17) is 9.47 Å². The molecule has 2 aliphatic rings. The van der Waals surface area contributed by atoms with Crippen molar-refractivity contribution in [3.63, 3.8) is 0 Å². The number of rotatable bonds is 4. The smallest absolute Gasteiger partial charge is 0.419 e. The Morgan fingerprint density at radius 3 is 2.57 bits per heavy atom. The lowest BCUT2D eigenvalue weighted by Gasteiger charge is -2.45. The molecule has 2 aromatic carbocycles. The van der Waals surface area contributed by atoms with Crippen molar-refractivity contribution in [1.82, 2.24) is 4.90 Å². The highest BCUT2D eigenvalue weighted by molar-refractivity contribution is 5.69. The molecule has 0 aliphatic carbocycles. The summed E-state index contributed by atoms with van der Waals surface area (Å²) in [6.45, 7) is 2.04. The van der Waals surface area contributed by atoms with Crippen LogP contribution in [0.3, 0.4) is 0 Å². The third kappa shape index (κ3) is 3.80. The van der Waals surface area contributed by atoms with E-state index in [2.05, 4.69) is 23.1 Å². The van der Waals surface area contributed by atoms with Crippen LogP contribution in [0.5, 0.6) is 5.75 Å². The van der Waals surface area contributed by atoms with Crippen molar-refractivity contribution in [3.05, 3.63) is 71.3 Å². The Morgan fingerprint density at radius 1 is 1.11 bits per heavy atom. The second kappa shape index (κ2) is 7.60. The Kier molecular flexibility index (Phi) is 5.17. The molecule has 0 N–H and O–H groups in total. The van der Waals surface area contributed by atoms with Crippen molar-refractivity contribution in [2.45, 2.75) is 31.2 Å². The number of nitrogens with zero attached hydrogens (tertiary/aromatic N) is 1. The second-order valence-corrected chi connectivity index (χ2v) is 7.23. The van der Waals surface area contributed by atoms with E-state index in [0.717, 1.165) is 30.2 Å². The van der Waals surface area contributed by atoms with Crippen LogP contribution in [0.25, 0.3) is 5.57 Å². The van der Waals surface area contributed by atoms with Crippen LogP contribution in [0.4, 0.5) is 13.2 Å². The monoisotopic (exact) mass is 389 g/mol. The van der Waals surface area contributed by atoms with Crippen molar-refractivity contribution in [3.8, 4) is 5.75 Å². The molecule has 28 heavy (non-hydrogen) atoms. The number of methoxy groups -OCH3 is 1. The molecule has 0 spiro atoms. The average molecular weight is 389 g/mol. The normalized spacial score (nSPS) is 22.6. The van der Waals surface area contributed by atoms with Crippen LogP contribution in [0.15, 0.2) is 54.6 Å². The fourth-order valence-corrected chi connectivity index (χ4v) is 4.04. The maximum Gasteiger partial charge on any atom is 0.419 e. The van der Waals surface area contributed by atoms with Crippen LogP contribution in [-0.4, -0.2) is 37.3 Å². The van der Waals surface area contributed by atoms with Crippen molar-refractivity contribution >= 4 is 5.57 Å². The fourth-order valence-electron chi connectivity index (χ4n) is 4.04. The number of morpholine rings is 1. The van der Waals surface area contributed by atoms with Crippen LogP contribution in [-0.2, 0) is 17.5 Å². The van der Waals surface area contributed by atoms with E-state index in [-0.39, 0.29) is 17.8 Å². The van der Waals surface area contributed by atoms with E-state index in [9.17, 15) is 13.2 Å². The van der Waals surface area contributed by atoms with Gasteiger partial charge in [0.05, 0.1) is 31.9 Å². The lowest BCUT2D eigenvalue weighted by atomic mass is 9.89. The van der Waals surface area contributed by atoms with Gasteiger partial charge in [0.1, 0.15) is 5.75 Å². The van der Waals surface area contributed by atoms with Crippen LogP contribution in [0.2, 0.25) is 0 Å². The average Bonchev–Trinajstić information content (AvgIpc) is 2.67. The highest BCUT2D eigenvalue weighted by Gasteiger charge is 2.37. The van der Waals surface area contributed by atoms with Gasteiger partial charge in [0.2, 0.25) is 0 Å². The number of alkyl halides is 3. The Morgan fingerprint density at radius 2 is 1.89 bits per heavy atom. The summed E-state index contributed by atoms with van der Waals surface area (Å²) in [7, 11) is 1.27. The molecule has 3 nitrogen and oxygen atoms in total. The zero-order valence-corrected chi connectivity index (χ0v) is 15.6. The zero-order chi connectivity index (χ0) is 19.7. The molecule has 0 radical (unpaired) electrons. The Labute approximate surface area is 162 Å². The van der Waals surface area contributed by atoms with E-state index < -0.39 is 11.7 Å². The van der Waals surface area contributed by atoms with E-state index in [1.54, 1.807) is 6.07 Å². The SMILES string of the molecule is COc1cc(C2=CC3COCC(C2)N3Cc2ccccc2)ccc1C(F)(F)F. The van der Waals surface area contributed by atoms with E-state index in [1.807, 2.05) is 18.2 Å². The van der Waals surface area contributed by atoms with Gasteiger partial charge in [-0.05, 0) is 35.3 Å². The van der Waals surface area contributed by atoms with Gasteiger partial charge in [-0.3, -0.25) is 4.90 Å². The maximum atomic E-state index is 13.1. The van der Waals surface area contributed by atoms with Gasteiger partial charge in [0.15, 0.2) is 0 Å². The topological polar surface area (TPSA) is 21.7 Å². The molecule has 2 aromatic rings. The maximum absolute atomic E-state index is 13.1. The first kappa shape index (κ1) is 19.0. The minimum atomic E-state index is -4.43. The lowest BCUT2D eigenvalue weighted by molar-refractivity contribution is -0.138. The van der Waals surface area contributed by atoms with Crippen molar-refractivity contribution in [1.29, 1.82) is 0 Å². The minimum Gasteiger partial charge on any atom is -0.496 e. The quantitative estimate of drug-likeness (QED) is 0.752. The molecule has 0 saturated carbocycles. The molecule has 2 aliphatic heterocycles. The van der Waals surface area contributed by atoms with Gasteiger partial charge in [0, 0.05) is 12.6 Å². The van der Waals surface area contributed by atoms with E-state index in [0.29, 0.717) is 13.2 Å². The summed E-state index contributed by atoms with van der Waals surface area (Å²) in [5.74, 6) is -0.140. The standard InChI is InChI=1S/C22H22F3NO2/c1-27-21-11-16(7-8-20(21)22(23,24)25)17-9-18-13-28-14-19(10-17)26(18)12-15-5-3-2-4-6-15/h2-9,11,18-19H,10,12-14H2,1H3. The molecule has 1 fully saturated rings. The first-order valence-electron chi connectivity index (χ1n) is 9.29. The van der Waals surface area contributed by atoms with E-state index in [1.165, 1.54) is 18.7 Å². The lowest BCUT2D eigenvalue weighted by Crippen LogP contribution is -2.53. The molecule has 2 heterocycles. The third-order valence-electron chi connectivity index (χ3n) is 5.43. The third-order valence-corrected chi connectivity index (χ3v) is 5.43. The zero-order valence-electron chi connectivity index (χ0n) is 15.6. The highest BCUT2D eigenvalue weighted by atomic mass is 19.4. The first-order chi connectivity index (χ1) is 13.5. The van der Waals surface area contributed by atoms with Gasteiger partial charge in [-0.1, -0.05) is 42.5 Å². The van der Waals surface area contributed by atoms with Crippen LogP contribution in [0.1, 0.15) is 23.1 Å². The predicted octanol–water partition coefficient (Wildman–Crippen LogP) is 4.77. The second-order valence-electron chi connectivity index (χ2n) is 7.23. The highest BCUT2D eigenvalue weighted by Crippen LogP contribution is 2.40. The Balaban J connectivity index is 1.62. The minimum absolute atomic E-state index is 0.107. The number of fused-ring (bicyclic) bond motifs is 2. The molecule has 2 bridgehead atoms. The number of halogens is 3. The van der Waals surface area contributed by atoms with Crippen molar-refractivity contribution in [2.75, 3.05) is 20.3 Å². The molecule has 2 atom stereocenters. The summed E-state index contributed by atoms with van der Waals surface area (Å²) in [4.78, 5) is 2.42. The molecule has 6 heteroatoms. The van der Waals surface area contributed by atoms with Crippen LogP contribution >= 0.6 is 0 Å². The van der Waals surface area contributed by atoms with Gasteiger partial charge in [-0.15, -0.1) is 0 Å². The fraction of sp³-hybridized carbons (Fsp3) is 0.364. The number of ether oxygens (including phenoxy) is 2. The first-order valence-corrected chi connectivity index (χ1v) is 9.29. The summed E-state index contributed by atoms with van der Waals surface area (Å²) < 4.78 is 50.2. The van der Waals surface area contributed by atoms with Gasteiger partial charge < -0.3 is 9.47 Å². The summed E-state index contributed by atoms with van der Waals surface area (Å²) in [5.41, 5.74) is 2.33.